The van der Waals surface area contributed by atoms with Crippen molar-refractivity contribution in [2.45, 2.75) is 39.5 Å². The average molecular weight is 285 g/mol. The van der Waals surface area contributed by atoms with Crippen molar-refractivity contribution in [3.63, 3.8) is 0 Å². The molecule has 0 amide bonds. The molecule has 2 aromatic heterocycles. The van der Waals surface area contributed by atoms with Gasteiger partial charge < -0.3 is 4.74 Å². The number of hydrogen-bond acceptors (Lipinski definition) is 4. The number of fused-ring (bicyclic) bond motifs is 1. The van der Waals surface area contributed by atoms with Gasteiger partial charge in [0.2, 0.25) is 11.2 Å². The normalized spacial score (nSPS) is 11.1. The lowest BCUT2D eigenvalue weighted by Crippen LogP contribution is -2.00. The maximum Gasteiger partial charge on any atom is 0.227 e. The van der Waals surface area contributed by atoms with Gasteiger partial charge in [0.1, 0.15) is 4.83 Å². The van der Waals surface area contributed by atoms with Gasteiger partial charge in [-0.15, -0.1) is 11.3 Å². The SMILES string of the molecule is CCCCCCOc1nc(Cl)nc2sc(C)cc12. The number of thiophene rings is 1. The molecule has 0 unspecified atom stereocenters. The minimum Gasteiger partial charge on any atom is -0.477 e. The van der Waals surface area contributed by atoms with Crippen molar-refractivity contribution in [3.8, 4) is 5.88 Å². The fraction of sp³-hybridized carbons (Fsp3) is 0.538. The third kappa shape index (κ3) is 3.33. The van der Waals surface area contributed by atoms with Crippen LogP contribution in [0.25, 0.3) is 10.2 Å². The maximum atomic E-state index is 5.90. The van der Waals surface area contributed by atoms with Crippen molar-refractivity contribution in [1.29, 1.82) is 0 Å². The lowest BCUT2D eigenvalue weighted by Gasteiger charge is -2.06. The predicted octanol–water partition coefficient (Wildman–Crippen LogP) is 4.61. The van der Waals surface area contributed by atoms with Crippen LogP contribution in [0.15, 0.2) is 6.07 Å². The van der Waals surface area contributed by atoms with Crippen LogP contribution in [0.3, 0.4) is 0 Å². The Labute approximate surface area is 116 Å². The molecule has 18 heavy (non-hydrogen) atoms. The van der Waals surface area contributed by atoms with Crippen LogP contribution in [0, 0.1) is 6.92 Å². The Morgan fingerprint density at radius 3 is 2.89 bits per heavy atom. The van der Waals surface area contributed by atoms with E-state index in [1.54, 1.807) is 11.3 Å². The molecule has 0 saturated heterocycles. The predicted molar refractivity (Wildman–Crippen MR) is 76.8 cm³/mol. The Kier molecular flexibility index (Phi) is 4.78. The molecular formula is C13H17ClN2OS. The zero-order chi connectivity index (χ0) is 13.0. The second-order valence-corrected chi connectivity index (χ2v) is 5.86. The molecule has 0 aliphatic rings. The van der Waals surface area contributed by atoms with E-state index >= 15 is 0 Å². The number of ether oxygens (including phenoxy) is 1. The highest BCUT2D eigenvalue weighted by Crippen LogP contribution is 2.30. The summed E-state index contributed by atoms with van der Waals surface area (Å²) >= 11 is 7.51. The van der Waals surface area contributed by atoms with Gasteiger partial charge in [-0.05, 0) is 31.0 Å². The van der Waals surface area contributed by atoms with Crippen molar-refractivity contribution in [2.75, 3.05) is 6.61 Å². The number of aromatic nitrogens is 2. The summed E-state index contributed by atoms with van der Waals surface area (Å²) in [4.78, 5) is 10.5. The molecule has 0 fully saturated rings. The third-order valence-electron chi connectivity index (χ3n) is 2.69. The van der Waals surface area contributed by atoms with Gasteiger partial charge in [-0.2, -0.15) is 4.98 Å². The fourth-order valence-electron chi connectivity index (χ4n) is 1.80. The van der Waals surface area contributed by atoms with Gasteiger partial charge in [0.15, 0.2) is 0 Å². The van der Waals surface area contributed by atoms with Crippen molar-refractivity contribution >= 4 is 33.2 Å². The molecule has 0 aliphatic heterocycles. The van der Waals surface area contributed by atoms with E-state index in [4.69, 9.17) is 16.3 Å². The van der Waals surface area contributed by atoms with Gasteiger partial charge in [-0.1, -0.05) is 26.2 Å². The first-order valence-electron chi connectivity index (χ1n) is 6.27. The molecule has 0 saturated carbocycles. The van der Waals surface area contributed by atoms with Gasteiger partial charge in [0.25, 0.3) is 0 Å². The van der Waals surface area contributed by atoms with Gasteiger partial charge in [-0.3, -0.25) is 0 Å². The molecule has 3 nitrogen and oxygen atoms in total. The number of hydrogen-bond donors (Lipinski definition) is 0. The largest absolute Gasteiger partial charge is 0.477 e. The molecule has 5 heteroatoms. The van der Waals surface area contributed by atoms with Crippen LogP contribution in [0.2, 0.25) is 5.28 Å². The van der Waals surface area contributed by atoms with E-state index in [0.717, 1.165) is 16.6 Å². The molecule has 0 radical (unpaired) electrons. The molecule has 0 N–H and O–H groups in total. The van der Waals surface area contributed by atoms with Gasteiger partial charge in [-0.25, -0.2) is 4.98 Å². The Morgan fingerprint density at radius 1 is 1.28 bits per heavy atom. The highest BCUT2D eigenvalue weighted by molar-refractivity contribution is 7.18. The molecule has 0 atom stereocenters. The standard InChI is InChI=1S/C13H17ClN2OS/c1-3-4-5-6-7-17-11-10-8-9(2)18-12(10)16-13(14)15-11/h8H,3-7H2,1-2H3. The molecule has 2 aromatic rings. The van der Waals surface area contributed by atoms with Crippen molar-refractivity contribution in [1.82, 2.24) is 9.97 Å². The van der Waals surface area contributed by atoms with E-state index in [9.17, 15) is 0 Å². The van der Waals surface area contributed by atoms with E-state index in [0.29, 0.717) is 12.5 Å². The first kappa shape index (κ1) is 13.6. The second kappa shape index (κ2) is 6.34. The highest BCUT2D eigenvalue weighted by Gasteiger charge is 2.10. The van der Waals surface area contributed by atoms with E-state index in [2.05, 4.69) is 23.0 Å². The highest BCUT2D eigenvalue weighted by atomic mass is 35.5. The molecule has 0 spiro atoms. The first-order chi connectivity index (χ1) is 8.70. The summed E-state index contributed by atoms with van der Waals surface area (Å²) in [5, 5.41) is 1.23. The number of halogens is 1. The van der Waals surface area contributed by atoms with Crippen LogP contribution in [0.5, 0.6) is 5.88 Å². The third-order valence-corrected chi connectivity index (χ3v) is 3.80. The molecule has 98 valence electrons. The lowest BCUT2D eigenvalue weighted by molar-refractivity contribution is 0.297. The van der Waals surface area contributed by atoms with E-state index in [-0.39, 0.29) is 5.28 Å². The minimum absolute atomic E-state index is 0.257. The summed E-state index contributed by atoms with van der Waals surface area (Å²) < 4.78 is 5.73. The van der Waals surface area contributed by atoms with Crippen LogP contribution in [-0.2, 0) is 0 Å². The van der Waals surface area contributed by atoms with Crippen LogP contribution in [-0.4, -0.2) is 16.6 Å². The van der Waals surface area contributed by atoms with E-state index < -0.39 is 0 Å². The second-order valence-electron chi connectivity index (χ2n) is 4.28. The van der Waals surface area contributed by atoms with Crippen molar-refractivity contribution in [3.05, 3.63) is 16.2 Å². The number of rotatable bonds is 6. The molecule has 0 aliphatic carbocycles. The summed E-state index contributed by atoms with van der Waals surface area (Å²) in [5.74, 6) is 0.617. The number of unbranched alkanes of at least 4 members (excludes halogenated alkanes) is 3. The van der Waals surface area contributed by atoms with Crippen molar-refractivity contribution in [2.24, 2.45) is 0 Å². The maximum absolute atomic E-state index is 5.90. The summed E-state index contributed by atoms with van der Waals surface area (Å²) in [6.07, 6.45) is 4.73. The van der Waals surface area contributed by atoms with E-state index in [1.165, 1.54) is 24.1 Å². The summed E-state index contributed by atoms with van der Waals surface area (Å²) in [5.41, 5.74) is 0. The van der Waals surface area contributed by atoms with Crippen LogP contribution in [0.4, 0.5) is 0 Å². The Bertz CT molecular complexity index is 527. The molecule has 2 heterocycles. The molecule has 0 bridgehead atoms. The van der Waals surface area contributed by atoms with Crippen LogP contribution < -0.4 is 4.74 Å². The zero-order valence-corrected chi connectivity index (χ0v) is 12.3. The average Bonchev–Trinajstić information content (AvgIpc) is 2.69. The van der Waals surface area contributed by atoms with Crippen LogP contribution >= 0.6 is 22.9 Å². The van der Waals surface area contributed by atoms with Gasteiger partial charge >= 0.3 is 0 Å². The Hall–Kier alpha value is -0.870. The van der Waals surface area contributed by atoms with Gasteiger partial charge in [0, 0.05) is 4.88 Å². The topological polar surface area (TPSA) is 35.0 Å². The zero-order valence-electron chi connectivity index (χ0n) is 10.7. The summed E-state index contributed by atoms with van der Waals surface area (Å²) in [6.45, 7) is 4.94. The lowest BCUT2D eigenvalue weighted by atomic mass is 10.2. The van der Waals surface area contributed by atoms with Gasteiger partial charge in [0.05, 0.1) is 12.0 Å². The summed E-state index contributed by atoms with van der Waals surface area (Å²) in [7, 11) is 0. The first-order valence-corrected chi connectivity index (χ1v) is 7.46. The molecule has 0 aromatic carbocycles. The van der Waals surface area contributed by atoms with Crippen LogP contribution in [0.1, 0.15) is 37.5 Å². The number of nitrogens with zero attached hydrogens (tertiary/aromatic N) is 2. The minimum atomic E-state index is 0.257. The van der Waals surface area contributed by atoms with E-state index in [1.807, 2.05) is 6.92 Å². The fourth-order valence-corrected chi connectivity index (χ4v) is 2.88. The number of aryl methyl sites for hydroxylation is 1. The molecule has 2 rings (SSSR count). The Morgan fingerprint density at radius 2 is 2.11 bits per heavy atom. The monoisotopic (exact) mass is 284 g/mol. The summed E-state index contributed by atoms with van der Waals surface area (Å²) in [6, 6.07) is 2.05. The Balaban J connectivity index is 2.07. The van der Waals surface area contributed by atoms with Crippen molar-refractivity contribution < 1.29 is 4.74 Å². The smallest absolute Gasteiger partial charge is 0.227 e. The quantitative estimate of drug-likeness (QED) is 0.574. The molecular weight excluding hydrogens is 268 g/mol.